The Kier molecular flexibility index (Phi) is 21.8. The first-order chi connectivity index (χ1) is 24.6. The number of fused-ring (bicyclic) bond motifs is 1. The molecule has 0 saturated heterocycles. The Hall–Kier alpha value is -3.27. The van der Waals surface area contributed by atoms with Crippen molar-refractivity contribution >= 4 is 17.0 Å². The van der Waals surface area contributed by atoms with Crippen molar-refractivity contribution in [1.29, 1.82) is 0 Å². The van der Waals surface area contributed by atoms with Gasteiger partial charge in [0, 0.05) is 13.2 Å². The summed E-state index contributed by atoms with van der Waals surface area (Å²) in [6, 6.07) is 0.128. The van der Waals surface area contributed by atoms with Crippen molar-refractivity contribution in [3.63, 3.8) is 0 Å². The van der Waals surface area contributed by atoms with E-state index in [4.69, 9.17) is 53.5 Å². The van der Waals surface area contributed by atoms with Gasteiger partial charge in [0.1, 0.15) is 11.2 Å². The van der Waals surface area contributed by atoms with Crippen molar-refractivity contribution in [3.05, 3.63) is 22.4 Å². The van der Waals surface area contributed by atoms with Gasteiger partial charge in [-0.05, 0) is 12.8 Å². The number of anilines is 1. The molecule has 0 atom stereocenters. The Bertz CT molecular complexity index is 1340. The van der Waals surface area contributed by atoms with Crippen LogP contribution < -0.4 is 16.2 Å². The number of hydrogen-bond acceptors (Lipinski definition) is 16. The lowest BCUT2D eigenvalue weighted by Gasteiger charge is -2.08. The molecule has 50 heavy (non-hydrogen) atoms. The van der Waals surface area contributed by atoms with E-state index in [1.807, 2.05) is 0 Å². The van der Waals surface area contributed by atoms with E-state index in [-0.39, 0.29) is 30.7 Å². The van der Waals surface area contributed by atoms with Crippen LogP contribution in [0.25, 0.3) is 11.2 Å². The van der Waals surface area contributed by atoms with Crippen molar-refractivity contribution in [2.45, 2.75) is 39.3 Å². The third-order valence-corrected chi connectivity index (χ3v) is 6.78. The number of nitrogens with zero attached hydrogens (tertiary/aromatic N) is 6. The summed E-state index contributed by atoms with van der Waals surface area (Å²) in [6.07, 6.45) is 4.21. The fraction of sp³-hybridized carbons (Fsp3) is 0.774. The number of rotatable bonds is 33. The van der Waals surface area contributed by atoms with Crippen LogP contribution in [0.1, 0.15) is 31.9 Å². The molecule has 0 amide bonds. The van der Waals surface area contributed by atoms with Crippen LogP contribution >= 0.6 is 0 Å². The Morgan fingerprint density at radius 3 is 1.76 bits per heavy atom. The number of aromatic nitrogens is 7. The number of aliphatic hydroxyl groups is 1. The first-order valence-corrected chi connectivity index (χ1v) is 17.1. The molecular formula is C31H54N8O11. The maximum absolute atomic E-state index is 12.6. The summed E-state index contributed by atoms with van der Waals surface area (Å²) in [5.41, 5.74) is 6.92. The zero-order valence-corrected chi connectivity index (χ0v) is 29.1. The highest BCUT2D eigenvalue weighted by atomic mass is 16.6. The highest BCUT2D eigenvalue weighted by Gasteiger charge is 2.16. The molecular weight excluding hydrogens is 660 g/mol. The van der Waals surface area contributed by atoms with E-state index in [0.29, 0.717) is 142 Å². The lowest BCUT2D eigenvalue weighted by Crippen LogP contribution is -2.18. The minimum atomic E-state index is -0.379. The SMILES string of the molecule is CCCCOc1nc(N)c2[nH]c(=O)n(Cc3cn(CCOCCOCCOCCOCCOCCOCCOCCOCCCO)nn3)c2n1. The molecule has 0 aliphatic rings. The number of aromatic amines is 1. The zero-order valence-electron chi connectivity index (χ0n) is 29.1. The molecule has 0 fully saturated rings. The van der Waals surface area contributed by atoms with Gasteiger partial charge in [0.15, 0.2) is 11.5 Å². The normalized spacial score (nSPS) is 11.6. The molecule has 19 heteroatoms. The largest absolute Gasteiger partial charge is 0.463 e. The molecule has 0 radical (unpaired) electrons. The fourth-order valence-electron chi connectivity index (χ4n) is 4.20. The van der Waals surface area contributed by atoms with Gasteiger partial charge in [0.2, 0.25) is 0 Å². The second kappa shape index (κ2) is 26.5. The summed E-state index contributed by atoms with van der Waals surface area (Å²) in [7, 11) is 0. The highest BCUT2D eigenvalue weighted by Crippen LogP contribution is 2.18. The predicted molar refractivity (Wildman–Crippen MR) is 180 cm³/mol. The number of nitrogens with one attached hydrogen (secondary N) is 1. The quantitative estimate of drug-likeness (QED) is 0.0708. The van der Waals surface area contributed by atoms with Crippen LogP contribution in [0.5, 0.6) is 6.01 Å². The van der Waals surface area contributed by atoms with Crippen molar-refractivity contribution in [1.82, 2.24) is 34.5 Å². The molecule has 0 aromatic carbocycles. The molecule has 3 aromatic heterocycles. The summed E-state index contributed by atoms with van der Waals surface area (Å²) >= 11 is 0. The summed E-state index contributed by atoms with van der Waals surface area (Å²) in [5.74, 6) is 0.143. The van der Waals surface area contributed by atoms with E-state index < -0.39 is 0 Å². The summed E-state index contributed by atoms with van der Waals surface area (Å²) < 4.78 is 52.3. The van der Waals surface area contributed by atoms with E-state index in [0.717, 1.165) is 12.8 Å². The lowest BCUT2D eigenvalue weighted by atomic mass is 10.4. The van der Waals surface area contributed by atoms with E-state index in [1.165, 1.54) is 4.57 Å². The van der Waals surface area contributed by atoms with Crippen molar-refractivity contribution in [2.75, 3.05) is 125 Å². The average molecular weight is 715 g/mol. The molecule has 4 N–H and O–H groups in total. The molecule has 0 aliphatic heterocycles. The van der Waals surface area contributed by atoms with Crippen molar-refractivity contribution < 1.29 is 47.7 Å². The summed E-state index contributed by atoms with van der Waals surface area (Å²) in [4.78, 5) is 23.8. The molecule has 0 saturated carbocycles. The number of ether oxygens (including phenoxy) is 9. The van der Waals surface area contributed by atoms with E-state index >= 15 is 0 Å². The smallest absolute Gasteiger partial charge is 0.328 e. The highest BCUT2D eigenvalue weighted by molar-refractivity contribution is 5.81. The average Bonchev–Trinajstić information content (AvgIpc) is 3.70. The van der Waals surface area contributed by atoms with Crippen LogP contribution in [0.3, 0.4) is 0 Å². The molecule has 19 nitrogen and oxygen atoms in total. The number of unbranched alkanes of at least 4 members (excludes halogenated alkanes) is 1. The molecule has 0 spiro atoms. The maximum Gasteiger partial charge on any atom is 0.328 e. The predicted octanol–water partition coefficient (Wildman–Crippen LogP) is 0.0357. The van der Waals surface area contributed by atoms with Gasteiger partial charge in [-0.3, -0.25) is 4.57 Å². The number of H-pyrrole nitrogens is 1. The third-order valence-electron chi connectivity index (χ3n) is 6.78. The van der Waals surface area contributed by atoms with E-state index in [1.54, 1.807) is 10.9 Å². The Balaban J connectivity index is 1.10. The molecule has 0 aliphatic carbocycles. The number of nitrogen functional groups attached to an aromatic ring is 1. The van der Waals surface area contributed by atoms with Crippen LogP contribution in [-0.2, 0) is 51.0 Å². The summed E-state index contributed by atoms with van der Waals surface area (Å²) in [5, 5.41) is 16.9. The van der Waals surface area contributed by atoms with Gasteiger partial charge in [-0.2, -0.15) is 9.97 Å². The van der Waals surface area contributed by atoms with Gasteiger partial charge in [0.05, 0.1) is 125 Å². The van der Waals surface area contributed by atoms with Gasteiger partial charge in [-0.25, -0.2) is 9.48 Å². The lowest BCUT2D eigenvalue weighted by molar-refractivity contribution is -0.0234. The van der Waals surface area contributed by atoms with Crippen LogP contribution in [0.2, 0.25) is 0 Å². The first-order valence-electron chi connectivity index (χ1n) is 17.1. The van der Waals surface area contributed by atoms with Crippen LogP contribution in [0, 0.1) is 0 Å². The molecule has 284 valence electrons. The van der Waals surface area contributed by atoms with Gasteiger partial charge in [0.25, 0.3) is 0 Å². The van der Waals surface area contributed by atoms with Crippen LogP contribution in [0.15, 0.2) is 11.0 Å². The molecule has 3 heterocycles. The zero-order chi connectivity index (χ0) is 35.5. The van der Waals surface area contributed by atoms with Gasteiger partial charge in [-0.1, -0.05) is 18.6 Å². The number of hydrogen-bond donors (Lipinski definition) is 3. The second-order valence-electron chi connectivity index (χ2n) is 10.8. The third kappa shape index (κ3) is 17.1. The fourth-order valence-corrected chi connectivity index (χ4v) is 4.20. The molecule has 3 rings (SSSR count). The van der Waals surface area contributed by atoms with Crippen LogP contribution in [-0.4, -0.2) is 159 Å². The first kappa shape index (κ1) is 41.2. The second-order valence-corrected chi connectivity index (χ2v) is 10.8. The Morgan fingerprint density at radius 1 is 0.720 bits per heavy atom. The summed E-state index contributed by atoms with van der Waals surface area (Å²) in [6.45, 7) is 11.0. The van der Waals surface area contributed by atoms with E-state index in [9.17, 15) is 4.79 Å². The van der Waals surface area contributed by atoms with E-state index in [2.05, 4.69) is 32.2 Å². The van der Waals surface area contributed by atoms with Gasteiger partial charge in [-0.15, -0.1) is 5.10 Å². The van der Waals surface area contributed by atoms with Crippen molar-refractivity contribution in [2.24, 2.45) is 0 Å². The minimum Gasteiger partial charge on any atom is -0.463 e. The monoisotopic (exact) mass is 714 g/mol. The Labute approximate surface area is 291 Å². The van der Waals surface area contributed by atoms with Crippen LogP contribution in [0.4, 0.5) is 5.82 Å². The van der Waals surface area contributed by atoms with Gasteiger partial charge < -0.3 is 58.5 Å². The van der Waals surface area contributed by atoms with Crippen molar-refractivity contribution in [3.8, 4) is 6.01 Å². The maximum atomic E-state index is 12.6. The number of nitrogens with two attached hydrogens (primary N) is 1. The number of imidazole rings is 1. The topological polar surface area (TPSA) is 224 Å². The molecule has 0 unspecified atom stereocenters. The Morgan fingerprint density at radius 2 is 1.24 bits per heavy atom. The number of aliphatic hydroxyl groups excluding tert-OH is 1. The minimum absolute atomic E-state index is 0.128. The van der Waals surface area contributed by atoms with Gasteiger partial charge >= 0.3 is 11.7 Å². The molecule has 3 aromatic rings. The molecule has 0 bridgehead atoms. The standard InChI is InChI=1S/C31H54N8O11/c1-2-3-8-50-30-34-28(32)27-29(35-30)39(31(41)33-27)25-26-24-38(37-36-26)5-9-43-11-13-45-15-17-47-19-21-49-23-22-48-20-18-46-16-14-44-12-10-42-7-4-6-40/h24,40H,2-23,25H2,1H3,(H,33,41)(H2,32,34,35).